The Morgan fingerprint density at radius 3 is 1.72 bits per heavy atom. The molecule has 0 spiro atoms. The predicted octanol–water partition coefficient (Wildman–Crippen LogP) is 4.23. The van der Waals surface area contributed by atoms with Crippen molar-refractivity contribution in [1.29, 1.82) is 0 Å². The maximum atomic E-state index is 12.8. The number of para-hydroxylation sites is 2. The fourth-order valence-electron chi connectivity index (χ4n) is 8.55. The number of amides is 2. The quantitative estimate of drug-likeness (QED) is 0.485. The molecule has 6 aliphatic heterocycles. The number of likely N-dealkylation sites (tertiary alicyclic amines) is 2. The number of piperidine rings is 2. The van der Waals surface area contributed by atoms with Gasteiger partial charge in [-0.25, -0.2) is 4.79 Å². The summed E-state index contributed by atoms with van der Waals surface area (Å²) >= 11 is 0. The summed E-state index contributed by atoms with van der Waals surface area (Å²) in [5, 5.41) is 9.30. The van der Waals surface area contributed by atoms with Crippen LogP contribution in [0.25, 0.3) is 0 Å². The lowest BCUT2D eigenvalue weighted by atomic mass is 9.74. The number of alkyl halides is 3. The molecule has 230 valence electrons. The van der Waals surface area contributed by atoms with Crippen LogP contribution in [0.5, 0.6) is 11.5 Å². The van der Waals surface area contributed by atoms with Gasteiger partial charge in [0.25, 0.3) is 0 Å². The highest BCUT2D eigenvalue weighted by molar-refractivity contribution is 5.83. The van der Waals surface area contributed by atoms with E-state index in [9.17, 15) is 27.9 Å². The Balaban J connectivity index is 0.000000141. The van der Waals surface area contributed by atoms with Crippen molar-refractivity contribution in [2.45, 2.75) is 55.8 Å². The van der Waals surface area contributed by atoms with E-state index in [1.54, 1.807) is 4.90 Å². The lowest BCUT2D eigenvalue weighted by Gasteiger charge is -2.45. The molecule has 2 aromatic rings. The number of carbonyl (C=O) groups is 2. The largest absolute Gasteiger partial charge is 0.490 e. The molecule has 0 bridgehead atoms. The molecule has 2 fully saturated rings. The first-order valence-electron chi connectivity index (χ1n) is 14.8. The summed E-state index contributed by atoms with van der Waals surface area (Å²) in [6.45, 7) is 8.50. The maximum absolute atomic E-state index is 12.8. The zero-order valence-electron chi connectivity index (χ0n) is 24.2. The first-order valence-corrected chi connectivity index (χ1v) is 14.8. The third-order valence-electron chi connectivity index (χ3n) is 10.4. The molecule has 43 heavy (non-hydrogen) atoms. The zero-order chi connectivity index (χ0) is 30.3. The Labute approximate surface area is 247 Å². The van der Waals surface area contributed by atoms with Crippen molar-refractivity contribution in [1.82, 2.24) is 9.80 Å². The molecule has 12 heteroatoms. The lowest BCUT2D eigenvalue weighted by Crippen LogP contribution is -2.59. The first-order chi connectivity index (χ1) is 20.4. The number of rotatable bonds is 0. The van der Waals surface area contributed by atoms with E-state index >= 15 is 0 Å². The summed E-state index contributed by atoms with van der Waals surface area (Å²) in [5.41, 5.74) is 3.78. The topological polar surface area (TPSA) is 85.8 Å². The van der Waals surface area contributed by atoms with Crippen LogP contribution in [0.15, 0.2) is 36.4 Å². The molecule has 0 aromatic heterocycles. The Bertz CT molecular complexity index is 1490. The van der Waals surface area contributed by atoms with Crippen LogP contribution in [0.2, 0.25) is 0 Å². The van der Waals surface area contributed by atoms with Crippen molar-refractivity contribution in [3.8, 4) is 11.5 Å². The van der Waals surface area contributed by atoms with Crippen molar-refractivity contribution < 1.29 is 37.3 Å². The molecule has 2 aromatic carbocycles. The number of anilines is 2. The third kappa shape index (κ3) is 4.11. The van der Waals surface area contributed by atoms with Gasteiger partial charge in [-0.15, -0.1) is 0 Å². The van der Waals surface area contributed by atoms with E-state index in [-0.39, 0.29) is 24.5 Å². The van der Waals surface area contributed by atoms with Gasteiger partial charge in [-0.1, -0.05) is 38.1 Å². The Morgan fingerprint density at radius 2 is 1.26 bits per heavy atom. The standard InChI is InChI=1S/C16H17F3N2O2.C15H18N2O3/c1-15-9-20(14(22)16(17,18)19)6-5-12(15)21-7-8-23-11-4-2-3-10(15)13(11)21;1-15-9-16(14(18)19)6-5-12(15)17-7-8-20-11-4-2-3-10(15)13(11)17/h2-4,12H,5-9H2,1H3;2-4,12H,5-9H2,1H3,(H,18,19). The molecule has 0 saturated carbocycles. The highest BCUT2D eigenvalue weighted by atomic mass is 19.4. The number of hydrogen-bond donors (Lipinski definition) is 1. The predicted molar refractivity (Wildman–Crippen MR) is 152 cm³/mol. The van der Waals surface area contributed by atoms with E-state index in [1.807, 2.05) is 37.3 Å². The minimum atomic E-state index is -4.82. The summed E-state index contributed by atoms with van der Waals surface area (Å²) in [6, 6.07) is 12.4. The van der Waals surface area contributed by atoms with Crippen LogP contribution in [0.3, 0.4) is 0 Å². The fraction of sp³-hybridized carbons (Fsp3) is 0.548. The van der Waals surface area contributed by atoms with Crippen LogP contribution < -0.4 is 19.3 Å². The highest BCUT2D eigenvalue weighted by Gasteiger charge is 2.56. The summed E-state index contributed by atoms with van der Waals surface area (Å²) in [4.78, 5) is 30.2. The van der Waals surface area contributed by atoms with Crippen molar-refractivity contribution >= 4 is 23.4 Å². The normalized spacial score (nSPS) is 29.7. The van der Waals surface area contributed by atoms with Crippen molar-refractivity contribution in [2.24, 2.45) is 0 Å². The number of fused-ring (bicyclic) bond motifs is 6. The van der Waals surface area contributed by atoms with Crippen LogP contribution in [0, 0.1) is 0 Å². The molecule has 6 aliphatic rings. The minimum Gasteiger partial charge on any atom is -0.490 e. The summed E-state index contributed by atoms with van der Waals surface area (Å²) in [7, 11) is 0. The molecular weight excluding hydrogens is 565 g/mol. The molecule has 4 unspecified atom stereocenters. The number of carboxylic acid groups (broad SMARTS) is 1. The number of nitrogens with zero attached hydrogens (tertiary/aromatic N) is 4. The van der Waals surface area contributed by atoms with Gasteiger partial charge in [0, 0.05) is 49.1 Å². The van der Waals surface area contributed by atoms with E-state index in [4.69, 9.17) is 9.47 Å². The second-order valence-corrected chi connectivity index (χ2v) is 12.8. The second kappa shape index (κ2) is 9.59. The second-order valence-electron chi connectivity index (χ2n) is 12.8. The van der Waals surface area contributed by atoms with E-state index in [1.165, 1.54) is 11.3 Å². The SMILES string of the molecule is CC12CN(C(=O)C(F)(F)F)CCC1N1CCOc3cccc2c31.CC12CN(C(=O)O)CCC1N1CCOc3cccc2c31. The summed E-state index contributed by atoms with van der Waals surface area (Å²) in [6.07, 6.45) is -4.21. The van der Waals surface area contributed by atoms with Gasteiger partial charge >= 0.3 is 18.2 Å². The van der Waals surface area contributed by atoms with Crippen LogP contribution in [0.4, 0.5) is 29.3 Å². The van der Waals surface area contributed by atoms with Gasteiger partial charge in [-0.05, 0) is 36.1 Å². The molecule has 1 N–H and O–H groups in total. The molecule has 6 heterocycles. The Morgan fingerprint density at radius 1 is 0.791 bits per heavy atom. The smallest absolute Gasteiger partial charge is 0.471 e. The van der Waals surface area contributed by atoms with E-state index in [0.29, 0.717) is 38.8 Å². The van der Waals surface area contributed by atoms with Crippen LogP contribution >= 0.6 is 0 Å². The van der Waals surface area contributed by atoms with Gasteiger partial charge in [0.1, 0.15) is 24.7 Å². The van der Waals surface area contributed by atoms with Gasteiger partial charge in [0.15, 0.2) is 0 Å². The average molecular weight is 601 g/mol. The average Bonchev–Trinajstić information content (AvgIpc) is 3.40. The third-order valence-corrected chi connectivity index (χ3v) is 10.4. The number of halogens is 3. The van der Waals surface area contributed by atoms with E-state index < -0.39 is 23.6 Å². The number of ether oxygens (including phenoxy) is 2. The van der Waals surface area contributed by atoms with Crippen molar-refractivity contribution in [3.63, 3.8) is 0 Å². The van der Waals surface area contributed by atoms with Gasteiger partial charge in [0.05, 0.1) is 24.5 Å². The highest BCUT2D eigenvalue weighted by Crippen LogP contribution is 2.55. The zero-order valence-corrected chi connectivity index (χ0v) is 24.2. The van der Waals surface area contributed by atoms with Crippen LogP contribution in [-0.4, -0.2) is 97.6 Å². The minimum absolute atomic E-state index is 0.0863. The van der Waals surface area contributed by atoms with Crippen LogP contribution in [0.1, 0.15) is 37.8 Å². The van der Waals surface area contributed by atoms with Gasteiger partial charge < -0.3 is 34.2 Å². The molecule has 2 saturated heterocycles. The maximum Gasteiger partial charge on any atom is 0.471 e. The molecule has 8 rings (SSSR count). The van der Waals surface area contributed by atoms with Gasteiger partial charge in [0.2, 0.25) is 0 Å². The molecule has 2 amide bonds. The molecule has 0 aliphatic carbocycles. The number of benzene rings is 2. The monoisotopic (exact) mass is 600 g/mol. The van der Waals surface area contributed by atoms with Crippen molar-refractivity contribution in [3.05, 3.63) is 47.5 Å². The molecule has 0 radical (unpaired) electrons. The van der Waals surface area contributed by atoms with Gasteiger partial charge in [-0.2, -0.15) is 13.2 Å². The van der Waals surface area contributed by atoms with E-state index in [2.05, 4.69) is 22.8 Å². The van der Waals surface area contributed by atoms with Crippen molar-refractivity contribution in [2.75, 3.05) is 62.3 Å². The summed E-state index contributed by atoms with van der Waals surface area (Å²) in [5.74, 6) is 0.00349. The molecule has 4 atom stereocenters. The summed E-state index contributed by atoms with van der Waals surface area (Å²) < 4.78 is 49.8. The van der Waals surface area contributed by atoms with E-state index in [0.717, 1.165) is 47.2 Å². The number of hydrogen-bond acceptors (Lipinski definition) is 6. The first kappa shape index (κ1) is 28.0. The Hall–Kier alpha value is -3.83. The van der Waals surface area contributed by atoms with Gasteiger partial charge in [-0.3, -0.25) is 4.79 Å². The lowest BCUT2D eigenvalue weighted by molar-refractivity contribution is -0.187. The number of carbonyl (C=O) groups excluding carboxylic acids is 1. The fourth-order valence-corrected chi connectivity index (χ4v) is 8.55. The molecular formula is C31H35F3N4O5. The Kier molecular flexibility index (Phi) is 6.24. The molecule has 9 nitrogen and oxygen atoms in total. The van der Waals surface area contributed by atoms with Crippen LogP contribution in [-0.2, 0) is 15.6 Å².